The van der Waals surface area contributed by atoms with Crippen LogP contribution in [0.5, 0.6) is 0 Å². The summed E-state index contributed by atoms with van der Waals surface area (Å²) in [6.45, 7) is 1.75. The summed E-state index contributed by atoms with van der Waals surface area (Å²) in [6.07, 6.45) is 3.67. The highest BCUT2D eigenvalue weighted by Gasteiger charge is 2.30. The number of thiophene rings is 1. The average Bonchev–Trinajstić information content (AvgIpc) is 3.14. The molecule has 3 aromatic rings. The Hall–Kier alpha value is -2.26. The van der Waals surface area contributed by atoms with Crippen LogP contribution in [0.25, 0.3) is 10.7 Å². The highest BCUT2D eigenvalue weighted by atomic mass is 32.2. The smallest absolute Gasteiger partial charge is 0.264 e. The molecule has 0 amide bonds. The molecular formula is C15H14N4O3S2. The van der Waals surface area contributed by atoms with E-state index < -0.39 is 10.0 Å². The number of anilines is 1. The monoisotopic (exact) mass is 362 g/mol. The van der Waals surface area contributed by atoms with Crippen molar-refractivity contribution in [3.05, 3.63) is 41.2 Å². The second-order valence-corrected chi connectivity index (χ2v) is 8.49. The Bertz CT molecular complexity index is 975. The van der Waals surface area contributed by atoms with E-state index >= 15 is 0 Å². The van der Waals surface area contributed by atoms with Crippen molar-refractivity contribution in [1.29, 1.82) is 0 Å². The molecule has 0 radical (unpaired) electrons. The van der Waals surface area contributed by atoms with Gasteiger partial charge in [0.2, 0.25) is 11.7 Å². The first-order valence-corrected chi connectivity index (χ1v) is 9.71. The quantitative estimate of drug-likeness (QED) is 0.748. The third-order valence-electron chi connectivity index (χ3n) is 3.65. The maximum atomic E-state index is 12.6. The van der Waals surface area contributed by atoms with E-state index in [1.807, 2.05) is 0 Å². The van der Waals surface area contributed by atoms with E-state index in [9.17, 15) is 8.42 Å². The van der Waals surface area contributed by atoms with Crippen LogP contribution >= 0.6 is 11.3 Å². The van der Waals surface area contributed by atoms with Crippen LogP contribution in [0.2, 0.25) is 0 Å². The topological polar surface area (TPSA) is 98.0 Å². The van der Waals surface area contributed by atoms with Gasteiger partial charge in [-0.2, -0.15) is 4.98 Å². The average molecular weight is 362 g/mol. The van der Waals surface area contributed by atoms with Crippen LogP contribution in [0, 0.1) is 6.92 Å². The summed E-state index contributed by atoms with van der Waals surface area (Å²) in [5.41, 5.74) is 0. The molecule has 1 aliphatic carbocycles. The predicted molar refractivity (Wildman–Crippen MR) is 89.4 cm³/mol. The molecule has 0 spiro atoms. The van der Waals surface area contributed by atoms with Gasteiger partial charge in [0.1, 0.15) is 10.7 Å². The number of rotatable bonds is 5. The molecule has 7 nitrogen and oxygen atoms in total. The van der Waals surface area contributed by atoms with Gasteiger partial charge < -0.3 is 4.52 Å². The zero-order valence-electron chi connectivity index (χ0n) is 12.8. The van der Waals surface area contributed by atoms with Gasteiger partial charge in [-0.1, -0.05) is 11.2 Å². The zero-order valence-corrected chi connectivity index (χ0v) is 14.4. The molecule has 124 valence electrons. The second-order valence-electron chi connectivity index (χ2n) is 5.58. The number of nitrogens with one attached hydrogen (secondary N) is 1. The summed E-state index contributed by atoms with van der Waals surface area (Å²) < 4.78 is 32.9. The third-order valence-corrected chi connectivity index (χ3v) is 6.31. The largest absolute Gasteiger partial charge is 0.339 e. The van der Waals surface area contributed by atoms with Gasteiger partial charge in [-0.05, 0) is 38.0 Å². The summed E-state index contributed by atoms with van der Waals surface area (Å²) in [5.74, 6) is 1.71. The summed E-state index contributed by atoms with van der Waals surface area (Å²) in [5, 5.41) is 3.96. The summed E-state index contributed by atoms with van der Waals surface area (Å²) in [7, 11) is -3.72. The molecule has 4 rings (SSSR count). The minimum atomic E-state index is -3.72. The molecule has 0 aliphatic heterocycles. The maximum absolute atomic E-state index is 12.6. The lowest BCUT2D eigenvalue weighted by Gasteiger charge is -2.05. The molecule has 1 saturated carbocycles. The van der Waals surface area contributed by atoms with Gasteiger partial charge >= 0.3 is 0 Å². The molecule has 0 atom stereocenters. The Kier molecular flexibility index (Phi) is 3.61. The summed E-state index contributed by atoms with van der Waals surface area (Å²) in [4.78, 5) is 9.88. The van der Waals surface area contributed by atoms with Crippen molar-refractivity contribution in [1.82, 2.24) is 15.1 Å². The minimum absolute atomic E-state index is 0.200. The second kappa shape index (κ2) is 5.67. The lowest BCUT2D eigenvalue weighted by atomic mass is 10.4. The van der Waals surface area contributed by atoms with Crippen molar-refractivity contribution < 1.29 is 12.9 Å². The number of aryl methyl sites for hydroxylation is 1. The minimum Gasteiger partial charge on any atom is -0.339 e. The van der Waals surface area contributed by atoms with Crippen molar-refractivity contribution in [2.24, 2.45) is 0 Å². The molecule has 0 bridgehead atoms. The van der Waals surface area contributed by atoms with E-state index in [4.69, 9.17) is 4.52 Å². The number of aromatic nitrogens is 3. The molecule has 0 saturated heterocycles. The fourth-order valence-corrected chi connectivity index (χ4v) is 4.82. The molecular weight excluding hydrogens is 348 g/mol. The molecule has 0 aromatic carbocycles. The lowest BCUT2D eigenvalue weighted by molar-refractivity contribution is 0.380. The van der Waals surface area contributed by atoms with Gasteiger partial charge in [-0.25, -0.2) is 13.4 Å². The van der Waals surface area contributed by atoms with Crippen LogP contribution in [-0.4, -0.2) is 23.5 Å². The van der Waals surface area contributed by atoms with Gasteiger partial charge in [0.15, 0.2) is 0 Å². The lowest BCUT2D eigenvalue weighted by Crippen LogP contribution is -2.13. The molecule has 1 aliphatic rings. The van der Waals surface area contributed by atoms with Crippen LogP contribution in [0.15, 0.2) is 39.9 Å². The van der Waals surface area contributed by atoms with Gasteiger partial charge in [-0.3, -0.25) is 4.72 Å². The number of hydrogen-bond donors (Lipinski definition) is 1. The third kappa shape index (κ3) is 2.92. The molecule has 1 fully saturated rings. The molecule has 24 heavy (non-hydrogen) atoms. The van der Waals surface area contributed by atoms with E-state index in [-0.39, 0.29) is 10.7 Å². The van der Waals surface area contributed by atoms with Crippen LogP contribution < -0.4 is 4.72 Å². The van der Waals surface area contributed by atoms with Crippen LogP contribution in [-0.2, 0) is 10.0 Å². The van der Waals surface area contributed by atoms with Crippen molar-refractivity contribution in [2.75, 3.05) is 4.72 Å². The first kappa shape index (κ1) is 15.3. The van der Waals surface area contributed by atoms with E-state index in [0.29, 0.717) is 27.4 Å². The standard InChI is InChI=1S/C15H14N4O3S2/c1-9-12(24(20,21)19-13-4-2-3-7-16-13)8-11(23-9)14-17-15(22-18-14)10-5-6-10/h2-4,7-8,10H,5-6H2,1H3,(H,16,19). The Balaban J connectivity index is 1.64. The number of pyridine rings is 1. The predicted octanol–water partition coefficient (Wildman–Crippen LogP) is 3.18. The number of hydrogen-bond acceptors (Lipinski definition) is 7. The van der Waals surface area contributed by atoms with E-state index in [1.54, 1.807) is 31.2 Å². The van der Waals surface area contributed by atoms with Crippen molar-refractivity contribution in [3.8, 4) is 10.7 Å². The van der Waals surface area contributed by atoms with Crippen molar-refractivity contribution in [2.45, 2.75) is 30.6 Å². The molecule has 3 aromatic heterocycles. The van der Waals surface area contributed by atoms with Gasteiger partial charge in [0.05, 0.1) is 4.88 Å². The van der Waals surface area contributed by atoms with Crippen LogP contribution in [0.3, 0.4) is 0 Å². The highest BCUT2D eigenvalue weighted by Crippen LogP contribution is 2.40. The maximum Gasteiger partial charge on any atom is 0.264 e. The molecule has 1 N–H and O–H groups in total. The first-order chi connectivity index (χ1) is 11.5. The summed E-state index contributed by atoms with van der Waals surface area (Å²) >= 11 is 1.33. The van der Waals surface area contributed by atoms with Crippen LogP contribution in [0.1, 0.15) is 29.5 Å². The van der Waals surface area contributed by atoms with E-state index in [0.717, 1.165) is 12.8 Å². The molecule has 9 heteroatoms. The fraction of sp³-hybridized carbons (Fsp3) is 0.267. The number of nitrogens with zero attached hydrogens (tertiary/aromatic N) is 3. The first-order valence-electron chi connectivity index (χ1n) is 7.41. The molecule has 0 unspecified atom stereocenters. The zero-order chi connectivity index (χ0) is 16.7. The van der Waals surface area contributed by atoms with Crippen molar-refractivity contribution in [3.63, 3.8) is 0 Å². The Labute approximate surface area is 142 Å². The van der Waals surface area contributed by atoms with Crippen LogP contribution in [0.4, 0.5) is 5.82 Å². The van der Waals surface area contributed by atoms with Gasteiger partial charge in [-0.15, -0.1) is 11.3 Å². The van der Waals surface area contributed by atoms with Gasteiger partial charge in [0, 0.05) is 17.0 Å². The molecule has 3 heterocycles. The Morgan fingerprint density at radius 3 is 2.88 bits per heavy atom. The Morgan fingerprint density at radius 1 is 1.33 bits per heavy atom. The van der Waals surface area contributed by atoms with Gasteiger partial charge in [0.25, 0.3) is 10.0 Å². The normalized spacial score (nSPS) is 14.7. The SMILES string of the molecule is Cc1sc(-c2noc(C3CC3)n2)cc1S(=O)(=O)Nc1ccccn1. The Morgan fingerprint density at radius 2 is 2.17 bits per heavy atom. The number of sulfonamides is 1. The van der Waals surface area contributed by atoms with E-state index in [2.05, 4.69) is 19.8 Å². The van der Waals surface area contributed by atoms with Crippen molar-refractivity contribution >= 4 is 27.2 Å². The van der Waals surface area contributed by atoms with E-state index in [1.165, 1.54) is 17.5 Å². The summed E-state index contributed by atoms with van der Waals surface area (Å²) in [6, 6.07) is 6.61. The highest BCUT2D eigenvalue weighted by molar-refractivity contribution is 7.93. The fourth-order valence-electron chi connectivity index (χ4n) is 2.29.